The summed E-state index contributed by atoms with van der Waals surface area (Å²) < 4.78 is 12.2. The van der Waals surface area contributed by atoms with E-state index in [9.17, 15) is 4.53 Å². The first-order valence-electron chi connectivity index (χ1n) is 6.77. The topological polar surface area (TPSA) is 9.23 Å². The normalized spacial score (nSPS) is 14.8. The molecule has 0 aliphatic heterocycles. The van der Waals surface area contributed by atoms with Crippen molar-refractivity contribution in [2.75, 3.05) is 0 Å². The maximum Gasteiger partial charge on any atom is 0.171 e. The van der Waals surface area contributed by atoms with Crippen LogP contribution in [0.3, 0.4) is 0 Å². The molecule has 0 aliphatic rings. The standard InChI is InChI=1S/C17H29FO/c1-9-11-14(19-18)12-10-13-16(5,6)17(7,8)15(2,3)4/h9-12H,1,13H2,2-8H3/b12-10-,14-11+. The van der Waals surface area contributed by atoms with Crippen LogP contribution >= 0.6 is 0 Å². The Morgan fingerprint density at radius 1 is 1.11 bits per heavy atom. The molecule has 0 aromatic rings. The van der Waals surface area contributed by atoms with Gasteiger partial charge >= 0.3 is 0 Å². The van der Waals surface area contributed by atoms with E-state index in [1.165, 1.54) is 12.2 Å². The molecule has 110 valence electrons. The summed E-state index contributed by atoms with van der Waals surface area (Å²) in [6.45, 7) is 19.3. The van der Waals surface area contributed by atoms with E-state index in [0.29, 0.717) is 0 Å². The molecule has 0 rings (SSSR count). The molecule has 0 aliphatic carbocycles. The van der Waals surface area contributed by atoms with Gasteiger partial charge in [-0.3, -0.25) is 4.94 Å². The molecule has 1 nitrogen and oxygen atoms in total. The van der Waals surface area contributed by atoms with Gasteiger partial charge in [-0.05, 0) is 34.8 Å². The van der Waals surface area contributed by atoms with Gasteiger partial charge in [-0.1, -0.05) is 67.2 Å². The lowest BCUT2D eigenvalue weighted by molar-refractivity contribution is -0.0766. The predicted molar refractivity (Wildman–Crippen MR) is 81.2 cm³/mol. The fraction of sp³-hybridized carbons (Fsp3) is 0.647. The van der Waals surface area contributed by atoms with Crippen LogP contribution in [0.1, 0.15) is 54.9 Å². The molecule has 0 bridgehead atoms. The molecule has 0 spiro atoms. The number of allylic oxidation sites excluding steroid dienone is 4. The van der Waals surface area contributed by atoms with Crippen molar-refractivity contribution in [1.29, 1.82) is 0 Å². The highest BCUT2D eigenvalue weighted by molar-refractivity contribution is 5.17. The second kappa shape index (κ2) is 6.40. The lowest BCUT2D eigenvalue weighted by Gasteiger charge is -2.50. The zero-order valence-corrected chi connectivity index (χ0v) is 13.5. The van der Waals surface area contributed by atoms with Crippen LogP contribution in [0.15, 0.2) is 36.6 Å². The van der Waals surface area contributed by atoms with Crippen LogP contribution in [0.5, 0.6) is 0 Å². The molecule has 2 heteroatoms. The quantitative estimate of drug-likeness (QED) is 0.424. The van der Waals surface area contributed by atoms with Crippen molar-refractivity contribution < 1.29 is 9.47 Å². The summed E-state index contributed by atoms with van der Waals surface area (Å²) in [5.74, 6) is 0.180. The predicted octanol–water partition coefficient (Wildman–Crippen LogP) is 6.00. The highest BCUT2D eigenvalue weighted by Crippen LogP contribution is 2.52. The molecule has 0 N–H and O–H groups in total. The molecular weight excluding hydrogens is 239 g/mol. The third-order valence-corrected chi connectivity index (χ3v) is 4.85. The minimum Gasteiger partial charge on any atom is -0.294 e. The third-order valence-electron chi connectivity index (χ3n) is 4.85. The maximum absolute atomic E-state index is 12.2. The molecular formula is C17H29FO. The van der Waals surface area contributed by atoms with Crippen LogP contribution in [0.4, 0.5) is 4.53 Å². The number of hydrogen-bond donors (Lipinski definition) is 0. The number of halogens is 1. The summed E-state index contributed by atoms with van der Waals surface area (Å²) in [5.41, 5.74) is 0.432. The SMILES string of the molecule is C=C/C=C(\C=C/CC(C)(C)C(C)(C)C(C)(C)C)OF. The van der Waals surface area contributed by atoms with Crippen molar-refractivity contribution in [2.45, 2.75) is 54.9 Å². The van der Waals surface area contributed by atoms with Gasteiger partial charge in [0.2, 0.25) is 0 Å². The molecule has 19 heavy (non-hydrogen) atoms. The highest BCUT2D eigenvalue weighted by Gasteiger charge is 2.44. The summed E-state index contributed by atoms with van der Waals surface area (Å²) in [4.78, 5) is 3.76. The Bertz CT molecular complexity index is 354. The first-order valence-corrected chi connectivity index (χ1v) is 6.77. The summed E-state index contributed by atoms with van der Waals surface area (Å²) in [6.07, 6.45) is 7.47. The van der Waals surface area contributed by atoms with Crippen molar-refractivity contribution in [2.24, 2.45) is 16.2 Å². The van der Waals surface area contributed by atoms with E-state index < -0.39 is 0 Å². The van der Waals surface area contributed by atoms with E-state index in [4.69, 9.17) is 0 Å². The van der Waals surface area contributed by atoms with Gasteiger partial charge in [0, 0.05) is 4.53 Å². The molecule has 0 atom stereocenters. The van der Waals surface area contributed by atoms with Crippen molar-refractivity contribution in [1.82, 2.24) is 0 Å². The van der Waals surface area contributed by atoms with E-state index in [2.05, 4.69) is 60.0 Å². The zero-order chi connectivity index (χ0) is 15.3. The minimum atomic E-state index is 0.0946. The van der Waals surface area contributed by atoms with Gasteiger partial charge in [0.25, 0.3) is 0 Å². The van der Waals surface area contributed by atoms with Gasteiger partial charge in [0.1, 0.15) is 0 Å². The Labute approximate surface area is 118 Å². The molecule has 0 aromatic carbocycles. The maximum atomic E-state index is 12.2. The summed E-state index contributed by atoms with van der Waals surface area (Å²) in [5, 5.41) is 0. The fourth-order valence-corrected chi connectivity index (χ4v) is 1.96. The molecule has 0 amide bonds. The Morgan fingerprint density at radius 2 is 1.63 bits per heavy atom. The summed E-state index contributed by atoms with van der Waals surface area (Å²) in [7, 11) is 0. The van der Waals surface area contributed by atoms with Gasteiger partial charge in [-0.15, -0.1) is 0 Å². The lowest BCUT2D eigenvalue weighted by Crippen LogP contribution is -2.42. The number of rotatable bonds is 6. The highest BCUT2D eigenvalue weighted by atomic mass is 19.3. The molecule has 0 unspecified atom stereocenters. The lowest BCUT2D eigenvalue weighted by atomic mass is 9.54. The van der Waals surface area contributed by atoms with Crippen molar-refractivity contribution >= 4 is 0 Å². The summed E-state index contributed by atoms with van der Waals surface area (Å²) in [6, 6.07) is 0. The molecule has 0 saturated heterocycles. The second-order valence-corrected chi connectivity index (χ2v) is 7.25. The van der Waals surface area contributed by atoms with Gasteiger partial charge < -0.3 is 0 Å². The zero-order valence-electron chi connectivity index (χ0n) is 13.5. The smallest absolute Gasteiger partial charge is 0.171 e. The van der Waals surface area contributed by atoms with Crippen LogP contribution < -0.4 is 0 Å². The number of hydrogen-bond acceptors (Lipinski definition) is 1. The average molecular weight is 268 g/mol. The molecule has 0 heterocycles. The Kier molecular flexibility index (Phi) is 6.05. The average Bonchev–Trinajstić information content (AvgIpc) is 2.25. The van der Waals surface area contributed by atoms with E-state index >= 15 is 0 Å². The first-order chi connectivity index (χ1) is 8.49. The van der Waals surface area contributed by atoms with Crippen LogP contribution in [0.2, 0.25) is 0 Å². The fourth-order valence-electron chi connectivity index (χ4n) is 1.96. The third kappa shape index (κ3) is 4.52. The molecule has 0 fully saturated rings. The molecule has 0 saturated carbocycles. The minimum absolute atomic E-state index is 0.0946. The second-order valence-electron chi connectivity index (χ2n) is 7.25. The van der Waals surface area contributed by atoms with Crippen LogP contribution in [0, 0.1) is 16.2 Å². The largest absolute Gasteiger partial charge is 0.294 e. The van der Waals surface area contributed by atoms with Gasteiger partial charge in [-0.25, -0.2) is 0 Å². The summed E-state index contributed by atoms with van der Waals surface area (Å²) >= 11 is 0. The van der Waals surface area contributed by atoms with Gasteiger partial charge in [0.05, 0.1) is 0 Å². The first kappa shape index (κ1) is 17.9. The van der Waals surface area contributed by atoms with E-state index in [1.807, 2.05) is 6.08 Å². The van der Waals surface area contributed by atoms with Crippen molar-refractivity contribution in [3.8, 4) is 0 Å². The Hall–Kier alpha value is -1.05. The molecule has 0 radical (unpaired) electrons. The van der Waals surface area contributed by atoms with Crippen molar-refractivity contribution in [3.05, 3.63) is 36.6 Å². The Balaban J connectivity index is 4.94. The van der Waals surface area contributed by atoms with Crippen LogP contribution in [-0.4, -0.2) is 0 Å². The van der Waals surface area contributed by atoms with E-state index in [1.54, 1.807) is 6.08 Å². The van der Waals surface area contributed by atoms with Gasteiger partial charge in [-0.2, -0.15) is 0 Å². The van der Waals surface area contributed by atoms with Crippen LogP contribution in [-0.2, 0) is 4.94 Å². The van der Waals surface area contributed by atoms with E-state index in [-0.39, 0.29) is 22.0 Å². The van der Waals surface area contributed by atoms with Gasteiger partial charge in [0.15, 0.2) is 5.76 Å². The van der Waals surface area contributed by atoms with Crippen molar-refractivity contribution in [3.63, 3.8) is 0 Å². The monoisotopic (exact) mass is 268 g/mol. The van der Waals surface area contributed by atoms with Crippen LogP contribution in [0.25, 0.3) is 0 Å². The van der Waals surface area contributed by atoms with E-state index in [0.717, 1.165) is 6.42 Å². The molecule has 0 aromatic heterocycles. The Morgan fingerprint density at radius 3 is 2.00 bits per heavy atom.